The molecule has 0 N–H and O–H groups in total. The smallest absolute Gasteiger partial charge is 0.357 e. The van der Waals surface area contributed by atoms with Crippen LogP contribution in [0.3, 0.4) is 0 Å². The van der Waals surface area contributed by atoms with Gasteiger partial charge in [-0.15, -0.1) is 0 Å². The fourth-order valence-electron chi connectivity index (χ4n) is 7.15. The lowest BCUT2D eigenvalue weighted by atomic mass is 9.50. The molecule has 40 heavy (non-hydrogen) atoms. The Hall–Kier alpha value is -2.54. The Kier molecular flexibility index (Phi) is 7.62. The fraction of sp³-hybridized carbons (Fsp3) is 0.457. The molecule has 5 heteroatoms. The molecule has 4 aliphatic rings. The quantitative estimate of drug-likeness (QED) is 0.253. The highest BCUT2D eigenvalue weighted by Crippen LogP contribution is 2.59. The maximum Gasteiger partial charge on any atom is 0.357 e. The second-order valence-electron chi connectivity index (χ2n) is 13.1. The topological polar surface area (TPSA) is 44.8 Å². The molecular weight excluding hydrogens is 611 g/mol. The number of carbonyl (C=O) groups is 1. The zero-order valence-corrected chi connectivity index (χ0v) is 26.1. The highest BCUT2D eigenvalue weighted by Gasteiger charge is 2.57. The van der Waals surface area contributed by atoms with E-state index < -0.39 is 0 Å². The predicted molar refractivity (Wildman–Crippen MR) is 153 cm³/mol. The molecule has 0 amide bonds. The van der Waals surface area contributed by atoms with Crippen LogP contribution in [0, 0.1) is 30.8 Å². The summed E-state index contributed by atoms with van der Waals surface area (Å²) < 4.78 is 20.7. The first-order valence-corrected chi connectivity index (χ1v) is 16.8. The molecule has 4 bridgehead atoms. The van der Waals surface area contributed by atoms with Gasteiger partial charge in [-0.3, -0.25) is 0 Å². The van der Waals surface area contributed by atoms with E-state index in [1.54, 1.807) is 0 Å². The monoisotopic (exact) mass is 651 g/mol. The molecule has 0 aromatic heterocycles. The van der Waals surface area contributed by atoms with Gasteiger partial charge in [-0.25, -0.2) is 4.79 Å². The molecule has 210 valence electrons. The molecule has 0 spiro atoms. The molecule has 0 unspecified atom stereocenters. The number of ether oxygens (including phenoxy) is 3. The first-order chi connectivity index (χ1) is 19.1. The van der Waals surface area contributed by atoms with Crippen molar-refractivity contribution in [3.63, 3.8) is 0 Å². The number of benzene rings is 3. The Balaban J connectivity index is 0.980. The van der Waals surface area contributed by atoms with E-state index in [1.807, 2.05) is 36.4 Å². The van der Waals surface area contributed by atoms with E-state index in [0.717, 1.165) is 23.3 Å². The van der Waals surface area contributed by atoms with Gasteiger partial charge in [0.25, 0.3) is 0 Å². The van der Waals surface area contributed by atoms with Crippen LogP contribution < -0.4 is 30.7 Å². The van der Waals surface area contributed by atoms with E-state index in [9.17, 15) is 4.79 Å². The van der Waals surface area contributed by atoms with Crippen molar-refractivity contribution in [3.8, 4) is 17.2 Å². The van der Waals surface area contributed by atoms with Gasteiger partial charge in [0.2, 0.25) is 0 Å². The van der Waals surface area contributed by atoms with Crippen LogP contribution in [0.4, 0.5) is 0 Å². The third-order valence-electron chi connectivity index (χ3n) is 9.25. The lowest BCUT2D eigenvalue weighted by molar-refractivity contribution is -0.597. The number of hydrogen-bond donors (Lipinski definition) is 0. The standard InChI is InChI=1S/C35H40IO4/c1-34(2,3)25-5-7-28(8-6-25)36-29-9-11-31(12-10-29)39-32-15-13-30(14-16-32)38-22-33(37)40-35(4)26-18-23-17-24(20-26)21-27(35)19-23/h5-16,23-24,26-27H,17-22H2,1-4H3/q+1. The third kappa shape index (κ3) is 6.05. The van der Waals surface area contributed by atoms with Crippen molar-refractivity contribution in [2.45, 2.75) is 70.8 Å². The Morgan fingerprint density at radius 3 is 1.75 bits per heavy atom. The van der Waals surface area contributed by atoms with Crippen molar-refractivity contribution in [1.82, 2.24) is 0 Å². The van der Waals surface area contributed by atoms with E-state index >= 15 is 0 Å². The molecule has 3 aromatic rings. The van der Waals surface area contributed by atoms with E-state index in [-0.39, 0.29) is 44.8 Å². The first-order valence-electron chi connectivity index (χ1n) is 14.6. The van der Waals surface area contributed by atoms with Crippen molar-refractivity contribution in [2.75, 3.05) is 6.61 Å². The molecular formula is C35H40IO4+. The molecule has 3 aromatic carbocycles. The van der Waals surface area contributed by atoms with Gasteiger partial charge in [0.1, 0.15) is 22.8 Å². The minimum atomic E-state index is -0.319. The van der Waals surface area contributed by atoms with E-state index in [0.29, 0.717) is 17.6 Å². The van der Waals surface area contributed by atoms with E-state index in [4.69, 9.17) is 14.2 Å². The van der Waals surface area contributed by atoms with Gasteiger partial charge in [-0.05, 0) is 134 Å². The van der Waals surface area contributed by atoms with Gasteiger partial charge in [0, 0.05) is 0 Å². The molecule has 0 saturated heterocycles. The zero-order chi connectivity index (χ0) is 27.9. The lowest BCUT2D eigenvalue weighted by Gasteiger charge is -2.59. The van der Waals surface area contributed by atoms with Crippen LogP contribution >= 0.6 is 0 Å². The highest BCUT2D eigenvalue weighted by atomic mass is 127. The van der Waals surface area contributed by atoms with Crippen LogP contribution in [0.15, 0.2) is 72.8 Å². The van der Waals surface area contributed by atoms with Gasteiger partial charge in [0.05, 0.1) is 0 Å². The molecule has 4 aliphatic carbocycles. The van der Waals surface area contributed by atoms with Crippen LogP contribution in [0.2, 0.25) is 0 Å². The number of esters is 1. The summed E-state index contributed by atoms with van der Waals surface area (Å²) in [4.78, 5) is 12.7. The zero-order valence-electron chi connectivity index (χ0n) is 24.0. The van der Waals surface area contributed by atoms with Crippen LogP contribution in [-0.2, 0) is 14.9 Å². The average molecular weight is 652 g/mol. The second-order valence-corrected chi connectivity index (χ2v) is 16.2. The molecule has 4 saturated carbocycles. The Morgan fingerprint density at radius 2 is 1.23 bits per heavy atom. The number of halogens is 1. The fourth-order valence-corrected chi connectivity index (χ4v) is 9.31. The molecule has 4 fully saturated rings. The summed E-state index contributed by atoms with van der Waals surface area (Å²) >= 11 is -0.231. The van der Waals surface area contributed by atoms with Gasteiger partial charge in [0.15, 0.2) is 13.7 Å². The van der Waals surface area contributed by atoms with Crippen LogP contribution in [0.1, 0.15) is 65.4 Å². The Labute approximate surface area is 249 Å². The van der Waals surface area contributed by atoms with E-state index in [2.05, 4.69) is 64.1 Å². The first kappa shape index (κ1) is 27.6. The Bertz CT molecular complexity index is 1290. The van der Waals surface area contributed by atoms with E-state index in [1.165, 1.54) is 44.8 Å². The van der Waals surface area contributed by atoms with Crippen molar-refractivity contribution >= 4 is 5.97 Å². The Morgan fingerprint density at radius 1 is 0.750 bits per heavy atom. The van der Waals surface area contributed by atoms with Crippen molar-refractivity contribution in [1.29, 1.82) is 0 Å². The molecule has 0 radical (unpaired) electrons. The highest BCUT2D eigenvalue weighted by molar-refractivity contribution is 5.71. The number of carbonyl (C=O) groups excluding carboxylic acids is 1. The van der Waals surface area contributed by atoms with Crippen molar-refractivity contribution in [3.05, 3.63) is 85.5 Å². The minimum Gasteiger partial charge on any atom is -0.482 e. The minimum absolute atomic E-state index is 0.0639. The molecule has 7 rings (SSSR count). The summed E-state index contributed by atoms with van der Waals surface area (Å²) in [7, 11) is 0. The van der Waals surface area contributed by atoms with Crippen LogP contribution in [0.5, 0.6) is 17.2 Å². The van der Waals surface area contributed by atoms with Crippen molar-refractivity contribution in [2.24, 2.45) is 23.7 Å². The number of rotatable bonds is 8. The maximum absolute atomic E-state index is 12.7. The van der Waals surface area contributed by atoms with Gasteiger partial charge in [-0.2, -0.15) is 0 Å². The third-order valence-corrected chi connectivity index (χ3v) is 11.9. The van der Waals surface area contributed by atoms with Crippen LogP contribution in [0.25, 0.3) is 0 Å². The van der Waals surface area contributed by atoms with Crippen molar-refractivity contribution < 1.29 is 40.2 Å². The summed E-state index contributed by atoms with van der Waals surface area (Å²) in [6.07, 6.45) is 6.26. The largest absolute Gasteiger partial charge is 0.482 e. The SMILES string of the molecule is CC(C)(C)c1ccc([I+]c2ccc(Oc3ccc(OCC(=O)OC4(C)C5CC6CC(C5)CC4C6)cc3)cc2)cc1. The lowest BCUT2D eigenvalue weighted by Crippen LogP contribution is -3.61. The molecule has 0 aliphatic heterocycles. The molecule has 0 atom stereocenters. The van der Waals surface area contributed by atoms with Gasteiger partial charge < -0.3 is 14.2 Å². The summed E-state index contributed by atoms with van der Waals surface area (Å²) in [5.74, 6) is 4.64. The predicted octanol–water partition coefficient (Wildman–Crippen LogP) is 5.04. The van der Waals surface area contributed by atoms with Gasteiger partial charge in [-0.1, -0.05) is 32.9 Å². The van der Waals surface area contributed by atoms with Gasteiger partial charge >= 0.3 is 27.2 Å². The summed E-state index contributed by atoms with van der Waals surface area (Å²) in [6, 6.07) is 24.9. The summed E-state index contributed by atoms with van der Waals surface area (Å²) in [5.41, 5.74) is 1.23. The maximum atomic E-state index is 12.7. The summed E-state index contributed by atoms with van der Waals surface area (Å²) in [5, 5.41) is 0. The average Bonchev–Trinajstić information content (AvgIpc) is 2.92. The number of hydrogen-bond acceptors (Lipinski definition) is 4. The van der Waals surface area contributed by atoms with Crippen LogP contribution in [-0.4, -0.2) is 18.2 Å². The summed E-state index contributed by atoms with van der Waals surface area (Å²) in [6.45, 7) is 8.84. The molecule has 0 heterocycles. The normalized spacial score (nSPS) is 26.9. The molecule has 4 nitrogen and oxygen atoms in total. The second kappa shape index (κ2) is 11.0.